The van der Waals surface area contributed by atoms with Crippen molar-refractivity contribution in [2.24, 2.45) is 0 Å². The van der Waals surface area contributed by atoms with Gasteiger partial charge in [-0.05, 0) is 25.1 Å². The monoisotopic (exact) mass is 241 g/mol. The Morgan fingerprint density at radius 2 is 2.47 bits per heavy atom. The van der Waals surface area contributed by atoms with Crippen LogP contribution in [0, 0.1) is 11.3 Å². The number of hydrogen-bond donors (Lipinski definition) is 0. The van der Waals surface area contributed by atoms with Crippen LogP contribution in [-0.4, -0.2) is 12.6 Å². The van der Waals surface area contributed by atoms with E-state index in [1.165, 1.54) is 17.4 Å². The fraction of sp³-hybridized carbons (Fsp3) is 0.200. The molecule has 1 rings (SSSR count). The van der Waals surface area contributed by atoms with Crippen LogP contribution in [0.3, 0.4) is 0 Å². The van der Waals surface area contributed by atoms with Crippen LogP contribution in [0.15, 0.2) is 17.7 Å². The largest absolute Gasteiger partial charge is 0.462 e. The summed E-state index contributed by atoms with van der Waals surface area (Å²) in [5, 5.41) is 8.74. The molecule has 1 aromatic rings. The number of ether oxygens (including phenoxy) is 1. The molecule has 0 aliphatic carbocycles. The van der Waals surface area contributed by atoms with Gasteiger partial charge in [0.05, 0.1) is 10.9 Å². The Hall–Kier alpha value is -1.31. The first-order chi connectivity index (χ1) is 7.17. The highest BCUT2D eigenvalue weighted by Crippen LogP contribution is 2.23. The van der Waals surface area contributed by atoms with Gasteiger partial charge < -0.3 is 4.74 Å². The topological polar surface area (TPSA) is 50.1 Å². The molecule has 78 valence electrons. The van der Waals surface area contributed by atoms with E-state index in [0.717, 1.165) is 4.88 Å². The van der Waals surface area contributed by atoms with E-state index in [1.54, 1.807) is 25.1 Å². The minimum atomic E-state index is -0.607. The lowest BCUT2D eigenvalue weighted by molar-refractivity contribution is -0.137. The van der Waals surface area contributed by atoms with Gasteiger partial charge in [-0.3, -0.25) is 0 Å². The highest BCUT2D eigenvalue weighted by Gasteiger charge is 2.09. The molecule has 0 aromatic carbocycles. The zero-order valence-electron chi connectivity index (χ0n) is 7.99. The molecule has 0 radical (unpaired) electrons. The van der Waals surface area contributed by atoms with E-state index < -0.39 is 5.97 Å². The van der Waals surface area contributed by atoms with Crippen LogP contribution >= 0.6 is 22.9 Å². The lowest BCUT2D eigenvalue weighted by Crippen LogP contribution is -2.05. The Morgan fingerprint density at radius 3 is 2.93 bits per heavy atom. The van der Waals surface area contributed by atoms with Crippen molar-refractivity contribution in [1.82, 2.24) is 0 Å². The zero-order valence-corrected chi connectivity index (χ0v) is 9.56. The van der Waals surface area contributed by atoms with Gasteiger partial charge in [0.25, 0.3) is 0 Å². The molecular formula is C10H8ClNO2S. The summed E-state index contributed by atoms with van der Waals surface area (Å²) in [5.41, 5.74) is -0.0182. The molecule has 1 aromatic heterocycles. The summed E-state index contributed by atoms with van der Waals surface area (Å²) in [4.78, 5) is 12.0. The molecule has 0 N–H and O–H groups in total. The highest BCUT2D eigenvalue weighted by atomic mass is 35.5. The van der Waals surface area contributed by atoms with Crippen LogP contribution in [0.5, 0.6) is 0 Å². The quantitative estimate of drug-likeness (QED) is 0.465. The normalized spacial score (nSPS) is 10.9. The number of rotatable bonds is 3. The Kier molecular flexibility index (Phi) is 4.35. The van der Waals surface area contributed by atoms with Gasteiger partial charge in [-0.2, -0.15) is 5.26 Å². The molecule has 0 spiro atoms. The van der Waals surface area contributed by atoms with Gasteiger partial charge in [0.2, 0.25) is 0 Å². The number of hydrogen-bond acceptors (Lipinski definition) is 4. The Labute approximate surface area is 96.5 Å². The predicted octanol–water partition coefficient (Wildman–Crippen LogP) is 2.87. The maximum absolute atomic E-state index is 11.2. The predicted molar refractivity (Wildman–Crippen MR) is 59.6 cm³/mol. The van der Waals surface area contributed by atoms with Crippen molar-refractivity contribution in [3.63, 3.8) is 0 Å². The lowest BCUT2D eigenvalue weighted by Gasteiger charge is -1.97. The maximum atomic E-state index is 11.2. The van der Waals surface area contributed by atoms with Crippen LogP contribution in [0.1, 0.15) is 11.8 Å². The highest BCUT2D eigenvalue weighted by molar-refractivity contribution is 7.17. The molecule has 5 heteroatoms. The summed E-state index contributed by atoms with van der Waals surface area (Å²) in [6, 6.07) is 5.24. The average molecular weight is 242 g/mol. The van der Waals surface area contributed by atoms with Crippen LogP contribution in [-0.2, 0) is 9.53 Å². The van der Waals surface area contributed by atoms with Crippen LogP contribution in [0.2, 0.25) is 4.34 Å². The summed E-state index contributed by atoms with van der Waals surface area (Å²) in [6.45, 7) is 1.94. The molecular weight excluding hydrogens is 234 g/mol. The van der Waals surface area contributed by atoms with E-state index in [1.807, 2.05) is 0 Å². The first kappa shape index (κ1) is 11.8. The standard InChI is InChI=1S/C10H8ClNO2S/c1-2-14-10(13)7(6-12)5-8-3-4-9(11)15-8/h3-5H,2H2,1H3. The first-order valence-corrected chi connectivity index (χ1v) is 5.41. The SMILES string of the molecule is CCOC(=O)C(C#N)=Cc1ccc(Cl)s1. The van der Waals surface area contributed by atoms with E-state index in [-0.39, 0.29) is 12.2 Å². The van der Waals surface area contributed by atoms with Gasteiger partial charge in [-0.1, -0.05) is 11.6 Å². The first-order valence-electron chi connectivity index (χ1n) is 4.21. The summed E-state index contributed by atoms with van der Waals surface area (Å²) >= 11 is 7.02. The molecule has 3 nitrogen and oxygen atoms in total. The van der Waals surface area contributed by atoms with E-state index >= 15 is 0 Å². The van der Waals surface area contributed by atoms with Crippen molar-refractivity contribution in [3.05, 3.63) is 26.9 Å². The summed E-state index contributed by atoms with van der Waals surface area (Å²) in [7, 11) is 0. The van der Waals surface area contributed by atoms with E-state index in [0.29, 0.717) is 4.34 Å². The van der Waals surface area contributed by atoms with Gasteiger partial charge in [0.15, 0.2) is 0 Å². The molecule has 0 saturated heterocycles. The van der Waals surface area contributed by atoms with Crippen molar-refractivity contribution in [1.29, 1.82) is 5.26 Å². The number of carbonyl (C=O) groups excluding carboxylic acids is 1. The Bertz CT molecular complexity index is 431. The van der Waals surface area contributed by atoms with Crippen LogP contribution in [0.4, 0.5) is 0 Å². The third-order valence-corrected chi connectivity index (χ3v) is 2.67. The second-order valence-electron chi connectivity index (χ2n) is 2.53. The Balaban J connectivity index is 2.88. The number of nitrogens with zero attached hydrogens (tertiary/aromatic N) is 1. The van der Waals surface area contributed by atoms with Gasteiger partial charge in [0.1, 0.15) is 11.6 Å². The zero-order chi connectivity index (χ0) is 11.3. The van der Waals surface area contributed by atoms with Crippen molar-refractivity contribution >= 4 is 35.0 Å². The molecule has 15 heavy (non-hydrogen) atoms. The van der Waals surface area contributed by atoms with E-state index in [2.05, 4.69) is 0 Å². The maximum Gasteiger partial charge on any atom is 0.348 e. The van der Waals surface area contributed by atoms with Crippen LogP contribution in [0.25, 0.3) is 6.08 Å². The summed E-state index contributed by atoms with van der Waals surface area (Å²) in [5.74, 6) is -0.607. The molecule has 0 amide bonds. The fourth-order valence-electron chi connectivity index (χ4n) is 0.894. The van der Waals surface area contributed by atoms with Crippen LogP contribution < -0.4 is 0 Å². The van der Waals surface area contributed by atoms with E-state index in [4.69, 9.17) is 21.6 Å². The fourth-order valence-corrected chi connectivity index (χ4v) is 1.90. The number of nitriles is 1. The summed E-state index contributed by atoms with van der Waals surface area (Å²) < 4.78 is 5.33. The number of halogens is 1. The molecule has 1 heterocycles. The van der Waals surface area contributed by atoms with Gasteiger partial charge >= 0.3 is 5.97 Å². The smallest absolute Gasteiger partial charge is 0.348 e. The van der Waals surface area contributed by atoms with Crippen molar-refractivity contribution in [2.45, 2.75) is 6.92 Å². The van der Waals surface area contributed by atoms with Gasteiger partial charge in [-0.25, -0.2) is 4.79 Å². The third kappa shape index (κ3) is 3.39. The minimum absolute atomic E-state index is 0.0182. The molecule has 0 fully saturated rings. The molecule has 0 saturated carbocycles. The van der Waals surface area contributed by atoms with Gasteiger partial charge in [0, 0.05) is 4.88 Å². The molecule has 0 unspecified atom stereocenters. The second kappa shape index (κ2) is 5.54. The average Bonchev–Trinajstić information content (AvgIpc) is 2.61. The molecule has 0 atom stereocenters. The number of thiophene rings is 1. The number of esters is 1. The molecule has 0 bridgehead atoms. The van der Waals surface area contributed by atoms with E-state index in [9.17, 15) is 4.79 Å². The van der Waals surface area contributed by atoms with Gasteiger partial charge in [-0.15, -0.1) is 11.3 Å². The summed E-state index contributed by atoms with van der Waals surface area (Å²) in [6.07, 6.45) is 1.47. The second-order valence-corrected chi connectivity index (χ2v) is 4.28. The number of carbonyl (C=O) groups is 1. The Morgan fingerprint density at radius 1 is 1.73 bits per heavy atom. The van der Waals surface area contributed by atoms with Crippen molar-refractivity contribution in [2.75, 3.05) is 6.61 Å². The minimum Gasteiger partial charge on any atom is -0.462 e. The third-order valence-electron chi connectivity index (χ3n) is 1.50. The molecule has 0 aliphatic heterocycles. The van der Waals surface area contributed by atoms with Crippen molar-refractivity contribution in [3.8, 4) is 6.07 Å². The van der Waals surface area contributed by atoms with Crippen molar-refractivity contribution < 1.29 is 9.53 Å². The lowest BCUT2D eigenvalue weighted by atomic mass is 10.2. The molecule has 0 aliphatic rings.